The molecule has 0 spiro atoms. The summed E-state index contributed by atoms with van der Waals surface area (Å²) in [5, 5.41) is 2.07. The second-order valence-electron chi connectivity index (χ2n) is 5.67. The quantitative estimate of drug-likeness (QED) is 0.860. The molecule has 0 N–H and O–H groups in total. The largest absolute Gasteiger partial charge is 0.381 e. The number of thiophene rings is 1. The summed E-state index contributed by atoms with van der Waals surface area (Å²) in [6, 6.07) is 2.05. The number of fused-ring (bicyclic) bond motifs is 1. The third-order valence-corrected chi connectivity index (χ3v) is 7.47. The van der Waals surface area contributed by atoms with Crippen molar-refractivity contribution in [2.24, 2.45) is 5.92 Å². The highest BCUT2D eigenvalue weighted by molar-refractivity contribution is 7.89. The average molecular weight is 315 g/mol. The fraction of sp³-hybridized carbons (Fsp3) is 0.714. The molecule has 1 aromatic heterocycles. The van der Waals surface area contributed by atoms with Crippen molar-refractivity contribution in [2.45, 2.75) is 32.2 Å². The van der Waals surface area contributed by atoms with Crippen LogP contribution in [0.5, 0.6) is 0 Å². The standard InChI is InChI=1S/C14H21NO3S2/c1-11-13-5-9-19-14(13)2-6-15(11)20(16,17)10-12-3-7-18-8-4-12/h5,9,11-12H,2-4,6-8,10H2,1H3/t11-/m0/s1. The van der Waals surface area contributed by atoms with Gasteiger partial charge in [-0.1, -0.05) is 0 Å². The molecule has 1 saturated heterocycles. The Labute approximate surface area is 124 Å². The van der Waals surface area contributed by atoms with E-state index < -0.39 is 10.0 Å². The SMILES string of the molecule is C[C@H]1c2ccsc2CCN1S(=O)(=O)CC1CCOCC1. The highest BCUT2D eigenvalue weighted by Gasteiger charge is 2.34. The Balaban J connectivity index is 1.74. The molecule has 0 radical (unpaired) electrons. The number of nitrogens with zero attached hydrogens (tertiary/aromatic N) is 1. The topological polar surface area (TPSA) is 46.6 Å². The summed E-state index contributed by atoms with van der Waals surface area (Å²) in [6.45, 7) is 4.03. The van der Waals surface area contributed by atoms with E-state index in [1.54, 1.807) is 15.6 Å². The van der Waals surface area contributed by atoms with Crippen LogP contribution in [0.15, 0.2) is 11.4 Å². The monoisotopic (exact) mass is 315 g/mol. The van der Waals surface area contributed by atoms with E-state index in [2.05, 4.69) is 11.4 Å². The number of ether oxygens (including phenoxy) is 1. The van der Waals surface area contributed by atoms with Gasteiger partial charge in [-0.2, -0.15) is 4.31 Å². The van der Waals surface area contributed by atoms with E-state index in [9.17, 15) is 8.42 Å². The summed E-state index contributed by atoms with van der Waals surface area (Å²) in [5.74, 6) is 0.532. The van der Waals surface area contributed by atoms with Crippen LogP contribution in [0, 0.1) is 5.92 Å². The zero-order valence-electron chi connectivity index (χ0n) is 11.7. The molecule has 0 amide bonds. The van der Waals surface area contributed by atoms with Gasteiger partial charge >= 0.3 is 0 Å². The Morgan fingerprint density at radius 3 is 2.90 bits per heavy atom. The third-order valence-electron chi connectivity index (χ3n) is 4.37. The normalized spacial score (nSPS) is 25.6. The van der Waals surface area contributed by atoms with Crippen LogP contribution >= 0.6 is 11.3 Å². The van der Waals surface area contributed by atoms with Crippen molar-refractivity contribution in [1.29, 1.82) is 0 Å². The van der Waals surface area contributed by atoms with Gasteiger partial charge in [0.25, 0.3) is 0 Å². The van der Waals surface area contributed by atoms with E-state index in [1.807, 2.05) is 6.92 Å². The summed E-state index contributed by atoms with van der Waals surface area (Å²) in [4.78, 5) is 1.34. The second-order valence-corrected chi connectivity index (χ2v) is 8.64. The lowest BCUT2D eigenvalue weighted by Crippen LogP contribution is -2.41. The zero-order valence-corrected chi connectivity index (χ0v) is 13.4. The Kier molecular flexibility index (Phi) is 4.17. The van der Waals surface area contributed by atoms with Gasteiger partial charge < -0.3 is 4.74 Å². The molecule has 20 heavy (non-hydrogen) atoms. The Morgan fingerprint density at radius 2 is 2.15 bits per heavy atom. The molecule has 0 aliphatic carbocycles. The second kappa shape index (κ2) is 5.75. The molecule has 0 saturated carbocycles. The summed E-state index contributed by atoms with van der Waals surface area (Å²) >= 11 is 1.74. The molecule has 2 aliphatic heterocycles. The predicted octanol–water partition coefficient (Wildman–Crippen LogP) is 2.42. The summed E-state index contributed by atoms with van der Waals surface area (Å²) in [7, 11) is -3.17. The fourth-order valence-corrected chi connectivity index (χ4v) is 6.22. The minimum absolute atomic E-state index is 0.0187. The Hall–Kier alpha value is -0.430. The van der Waals surface area contributed by atoms with Gasteiger partial charge in [0, 0.05) is 30.7 Å². The van der Waals surface area contributed by atoms with Crippen LogP contribution in [0.1, 0.15) is 36.2 Å². The third kappa shape index (κ3) is 2.79. The van der Waals surface area contributed by atoms with E-state index in [-0.39, 0.29) is 17.7 Å². The molecule has 4 nitrogen and oxygen atoms in total. The summed E-state index contributed by atoms with van der Waals surface area (Å²) in [5.41, 5.74) is 1.19. The molecule has 1 aromatic rings. The smallest absolute Gasteiger partial charge is 0.214 e. The highest BCUT2D eigenvalue weighted by atomic mass is 32.2. The molecule has 1 atom stereocenters. The van der Waals surface area contributed by atoms with Gasteiger partial charge in [-0.15, -0.1) is 11.3 Å². The summed E-state index contributed by atoms with van der Waals surface area (Å²) in [6.07, 6.45) is 2.58. The van der Waals surface area contributed by atoms with Gasteiger partial charge in [0.2, 0.25) is 10.0 Å². The van der Waals surface area contributed by atoms with Crippen LogP contribution in [0.4, 0.5) is 0 Å². The van der Waals surface area contributed by atoms with Crippen molar-refractivity contribution in [3.05, 3.63) is 21.9 Å². The molecule has 3 rings (SSSR count). The van der Waals surface area contributed by atoms with Crippen molar-refractivity contribution >= 4 is 21.4 Å². The maximum absolute atomic E-state index is 12.7. The lowest BCUT2D eigenvalue weighted by Gasteiger charge is -2.34. The van der Waals surface area contributed by atoms with Gasteiger partial charge in [0.15, 0.2) is 0 Å². The van der Waals surface area contributed by atoms with E-state index in [1.165, 1.54) is 10.4 Å². The minimum atomic E-state index is -3.17. The molecule has 3 heterocycles. The molecular formula is C14H21NO3S2. The highest BCUT2D eigenvalue weighted by Crippen LogP contribution is 2.35. The van der Waals surface area contributed by atoms with Crippen molar-refractivity contribution in [3.63, 3.8) is 0 Å². The van der Waals surface area contributed by atoms with Crippen LogP contribution in [-0.2, 0) is 21.2 Å². The first-order valence-electron chi connectivity index (χ1n) is 7.21. The van der Waals surface area contributed by atoms with Crippen molar-refractivity contribution in [2.75, 3.05) is 25.5 Å². The van der Waals surface area contributed by atoms with Crippen LogP contribution in [0.2, 0.25) is 0 Å². The Morgan fingerprint density at radius 1 is 1.40 bits per heavy atom. The molecular weight excluding hydrogens is 294 g/mol. The fourth-order valence-electron chi connectivity index (χ4n) is 3.17. The van der Waals surface area contributed by atoms with Crippen molar-refractivity contribution in [3.8, 4) is 0 Å². The molecule has 2 aliphatic rings. The first-order chi connectivity index (χ1) is 9.58. The van der Waals surface area contributed by atoms with Crippen molar-refractivity contribution in [1.82, 2.24) is 4.31 Å². The van der Waals surface area contributed by atoms with Gasteiger partial charge in [0.05, 0.1) is 5.75 Å². The van der Waals surface area contributed by atoms with Crippen molar-refractivity contribution < 1.29 is 13.2 Å². The van der Waals surface area contributed by atoms with Crippen LogP contribution in [-0.4, -0.2) is 38.2 Å². The van der Waals surface area contributed by atoms with E-state index >= 15 is 0 Å². The molecule has 0 unspecified atom stereocenters. The summed E-state index contributed by atoms with van der Waals surface area (Å²) < 4.78 is 32.4. The molecule has 6 heteroatoms. The lowest BCUT2D eigenvalue weighted by molar-refractivity contribution is 0.0719. The number of hydrogen-bond donors (Lipinski definition) is 0. The average Bonchev–Trinajstić information content (AvgIpc) is 2.88. The number of rotatable bonds is 3. The predicted molar refractivity (Wildman–Crippen MR) is 80.5 cm³/mol. The number of hydrogen-bond acceptors (Lipinski definition) is 4. The van der Waals surface area contributed by atoms with Gasteiger partial charge in [-0.3, -0.25) is 0 Å². The zero-order chi connectivity index (χ0) is 14.2. The van der Waals surface area contributed by atoms with E-state index in [0.717, 1.165) is 19.3 Å². The molecule has 112 valence electrons. The van der Waals surface area contributed by atoms with Gasteiger partial charge in [0.1, 0.15) is 0 Å². The first kappa shape index (κ1) is 14.5. The van der Waals surface area contributed by atoms with Crippen LogP contribution < -0.4 is 0 Å². The first-order valence-corrected chi connectivity index (χ1v) is 9.70. The van der Waals surface area contributed by atoms with Gasteiger partial charge in [-0.25, -0.2) is 8.42 Å². The Bertz CT molecular complexity index is 561. The maximum atomic E-state index is 12.7. The minimum Gasteiger partial charge on any atom is -0.381 e. The van der Waals surface area contributed by atoms with E-state index in [4.69, 9.17) is 4.74 Å². The van der Waals surface area contributed by atoms with Crippen LogP contribution in [0.3, 0.4) is 0 Å². The number of sulfonamides is 1. The molecule has 0 aromatic carbocycles. The maximum Gasteiger partial charge on any atom is 0.214 e. The molecule has 1 fully saturated rings. The van der Waals surface area contributed by atoms with E-state index in [0.29, 0.717) is 19.8 Å². The lowest BCUT2D eigenvalue weighted by atomic mass is 10.0. The van der Waals surface area contributed by atoms with Gasteiger partial charge in [-0.05, 0) is 49.1 Å². The molecule has 0 bridgehead atoms. The van der Waals surface area contributed by atoms with Crippen LogP contribution in [0.25, 0.3) is 0 Å².